The van der Waals surface area contributed by atoms with Crippen molar-refractivity contribution < 1.29 is 29.6 Å². The Balaban J connectivity index is 1.71. The summed E-state index contributed by atoms with van der Waals surface area (Å²) >= 11 is 0. The number of rotatable bonds is 11. The highest BCUT2D eigenvalue weighted by Gasteiger charge is 2.47. The molecular formula is C28H31NO6. The number of allylic oxidation sites excluding steroid dienone is 1. The fraction of sp³-hybridized carbons (Fsp3) is 0.393. The minimum Gasteiger partial charge on any atom is -0.512 e. The Hall–Kier alpha value is -3.63. The molecule has 1 fully saturated rings. The summed E-state index contributed by atoms with van der Waals surface area (Å²) in [6, 6.07) is 18.8. The summed E-state index contributed by atoms with van der Waals surface area (Å²) in [6.07, 6.45) is 2.87. The number of carbonyl (C=O) groups excluding carboxylic acids is 1. The van der Waals surface area contributed by atoms with Gasteiger partial charge in [-0.1, -0.05) is 48.9 Å². The number of esters is 1. The van der Waals surface area contributed by atoms with Crippen LogP contribution in [0.4, 0.5) is 0 Å². The summed E-state index contributed by atoms with van der Waals surface area (Å²) in [6.45, 7) is 0. The molecule has 35 heavy (non-hydrogen) atoms. The van der Waals surface area contributed by atoms with E-state index in [4.69, 9.17) is 10.00 Å². The van der Waals surface area contributed by atoms with Gasteiger partial charge in [0.1, 0.15) is 6.10 Å². The van der Waals surface area contributed by atoms with Crippen LogP contribution in [0.2, 0.25) is 0 Å². The van der Waals surface area contributed by atoms with E-state index >= 15 is 0 Å². The fourth-order valence-electron chi connectivity index (χ4n) is 4.62. The van der Waals surface area contributed by atoms with E-state index < -0.39 is 36.0 Å². The molecule has 3 rings (SSSR count). The molecular weight excluding hydrogens is 446 g/mol. The van der Waals surface area contributed by atoms with E-state index in [1.165, 1.54) is 0 Å². The van der Waals surface area contributed by atoms with Gasteiger partial charge in [0, 0.05) is 18.8 Å². The third-order valence-electron chi connectivity index (χ3n) is 6.41. The molecule has 0 heterocycles. The molecule has 2 aromatic rings. The topological polar surface area (TPSA) is 128 Å². The number of hydrogen-bond donors (Lipinski definition) is 3. The van der Waals surface area contributed by atoms with Crippen molar-refractivity contribution in [3.63, 3.8) is 0 Å². The number of benzene rings is 2. The maximum atomic E-state index is 12.9. The molecule has 1 aliphatic rings. The summed E-state index contributed by atoms with van der Waals surface area (Å²) in [5.41, 5.74) is 2.30. The van der Waals surface area contributed by atoms with Crippen molar-refractivity contribution in [1.82, 2.24) is 0 Å². The normalized spacial score (nSPS) is 21.9. The molecule has 0 spiro atoms. The van der Waals surface area contributed by atoms with Crippen molar-refractivity contribution in [2.75, 3.05) is 0 Å². The number of ether oxygens (including phenoxy) is 1. The number of aliphatic hydroxyl groups excluding tert-OH is 2. The molecule has 3 N–H and O–H groups in total. The molecule has 0 unspecified atom stereocenters. The van der Waals surface area contributed by atoms with Crippen molar-refractivity contribution in [1.29, 1.82) is 5.26 Å². The highest BCUT2D eigenvalue weighted by Crippen LogP contribution is 2.41. The molecule has 7 heteroatoms. The number of carboxylic acid groups (broad SMARTS) is 1. The molecule has 7 nitrogen and oxygen atoms in total. The summed E-state index contributed by atoms with van der Waals surface area (Å²) < 4.78 is 5.69. The predicted molar refractivity (Wildman–Crippen MR) is 130 cm³/mol. The highest BCUT2D eigenvalue weighted by molar-refractivity contribution is 5.90. The lowest BCUT2D eigenvalue weighted by atomic mass is 9.88. The SMILES string of the molecule is N#CCCCCCC=C(O)[C@@H]1[C@@H](CC(=O)O)[C@@H](O)C[C@H]1OC(=O)c1ccc(-c2ccccc2)cc1. The number of unbranched alkanes of at least 4 members (excludes halogenated alkanes) is 4. The lowest BCUT2D eigenvalue weighted by molar-refractivity contribution is -0.139. The molecule has 0 bridgehead atoms. The van der Waals surface area contributed by atoms with Crippen LogP contribution in [0.25, 0.3) is 11.1 Å². The van der Waals surface area contributed by atoms with E-state index in [2.05, 4.69) is 6.07 Å². The van der Waals surface area contributed by atoms with Crippen LogP contribution in [-0.2, 0) is 9.53 Å². The second-order valence-electron chi connectivity index (χ2n) is 8.86. The number of carboxylic acids is 1. The zero-order chi connectivity index (χ0) is 25.2. The molecule has 1 aliphatic carbocycles. The average Bonchev–Trinajstić information content (AvgIpc) is 3.15. The van der Waals surface area contributed by atoms with Crippen LogP contribution in [0.3, 0.4) is 0 Å². The van der Waals surface area contributed by atoms with Crippen LogP contribution in [0.5, 0.6) is 0 Å². The van der Waals surface area contributed by atoms with Crippen LogP contribution in [0.1, 0.15) is 55.3 Å². The lowest BCUT2D eigenvalue weighted by Gasteiger charge is -2.24. The van der Waals surface area contributed by atoms with Crippen molar-refractivity contribution in [2.24, 2.45) is 11.8 Å². The Morgan fingerprint density at radius 1 is 1.00 bits per heavy atom. The van der Waals surface area contributed by atoms with Crippen LogP contribution >= 0.6 is 0 Å². The molecule has 0 aliphatic heterocycles. The molecule has 0 aromatic heterocycles. The monoisotopic (exact) mass is 477 g/mol. The lowest BCUT2D eigenvalue weighted by Crippen LogP contribution is -2.29. The molecule has 184 valence electrons. The van der Waals surface area contributed by atoms with Crippen molar-refractivity contribution >= 4 is 11.9 Å². The fourth-order valence-corrected chi connectivity index (χ4v) is 4.62. The molecule has 0 saturated heterocycles. The van der Waals surface area contributed by atoms with Crippen LogP contribution in [0, 0.1) is 23.2 Å². The second kappa shape index (κ2) is 12.7. The first kappa shape index (κ1) is 26.0. The Kier molecular flexibility index (Phi) is 9.45. The van der Waals surface area contributed by atoms with E-state index in [1.807, 2.05) is 42.5 Å². The molecule has 2 aromatic carbocycles. The highest BCUT2D eigenvalue weighted by atomic mass is 16.5. The van der Waals surface area contributed by atoms with Crippen LogP contribution in [-0.4, -0.2) is 39.5 Å². The zero-order valence-corrected chi connectivity index (χ0v) is 19.5. The minimum absolute atomic E-state index is 0.0521. The van der Waals surface area contributed by atoms with Crippen molar-refractivity contribution in [3.05, 3.63) is 72.0 Å². The molecule has 0 radical (unpaired) electrons. The molecule has 1 saturated carbocycles. The third-order valence-corrected chi connectivity index (χ3v) is 6.41. The number of aliphatic carboxylic acids is 1. The number of carbonyl (C=O) groups is 2. The van der Waals surface area contributed by atoms with E-state index in [0.717, 1.165) is 30.4 Å². The van der Waals surface area contributed by atoms with Gasteiger partial charge < -0.3 is 20.1 Å². The van der Waals surface area contributed by atoms with Gasteiger partial charge in [-0.25, -0.2) is 4.79 Å². The molecule has 0 amide bonds. The number of aliphatic hydroxyl groups is 2. The Morgan fingerprint density at radius 2 is 1.69 bits per heavy atom. The number of nitriles is 1. The summed E-state index contributed by atoms with van der Waals surface area (Å²) in [4.78, 5) is 24.2. The quantitative estimate of drug-likeness (QED) is 0.229. The first-order chi connectivity index (χ1) is 16.9. The number of nitrogens with zero attached hydrogens (tertiary/aromatic N) is 1. The van der Waals surface area contributed by atoms with Gasteiger partial charge in [-0.2, -0.15) is 5.26 Å². The Labute approximate surface area is 205 Å². The van der Waals surface area contributed by atoms with Gasteiger partial charge in [-0.15, -0.1) is 0 Å². The maximum Gasteiger partial charge on any atom is 0.338 e. The van der Waals surface area contributed by atoms with E-state index in [0.29, 0.717) is 18.4 Å². The summed E-state index contributed by atoms with van der Waals surface area (Å²) in [7, 11) is 0. The zero-order valence-electron chi connectivity index (χ0n) is 19.5. The van der Waals surface area contributed by atoms with Gasteiger partial charge in [-0.05, 0) is 48.6 Å². The van der Waals surface area contributed by atoms with Gasteiger partial charge in [0.2, 0.25) is 0 Å². The van der Waals surface area contributed by atoms with Crippen molar-refractivity contribution in [2.45, 2.75) is 57.2 Å². The average molecular weight is 478 g/mol. The smallest absolute Gasteiger partial charge is 0.338 e. The van der Waals surface area contributed by atoms with Crippen LogP contribution < -0.4 is 0 Å². The standard InChI is InChI=1S/C28H31NO6/c29-16-8-3-1-2-7-11-23(30)27-22(17-26(32)33)24(31)18-25(27)35-28(34)21-14-12-20(13-15-21)19-9-5-4-6-10-19/h4-6,9-15,22,24-25,27,30-31H,1-3,7-8,17-18H2,(H,32,33)/t22-,24-,25+,27-/m0/s1. The maximum absolute atomic E-state index is 12.9. The summed E-state index contributed by atoms with van der Waals surface area (Å²) in [5.74, 6) is -3.31. The predicted octanol–water partition coefficient (Wildman–Crippen LogP) is 5.27. The largest absolute Gasteiger partial charge is 0.512 e. The van der Waals surface area contributed by atoms with Gasteiger partial charge in [0.25, 0.3) is 0 Å². The van der Waals surface area contributed by atoms with Gasteiger partial charge in [0.15, 0.2) is 0 Å². The Morgan fingerprint density at radius 3 is 2.34 bits per heavy atom. The van der Waals surface area contributed by atoms with E-state index in [9.17, 15) is 24.9 Å². The second-order valence-corrected chi connectivity index (χ2v) is 8.86. The third kappa shape index (κ3) is 7.17. The number of hydrogen-bond acceptors (Lipinski definition) is 6. The molecule has 4 atom stereocenters. The van der Waals surface area contributed by atoms with E-state index in [-0.39, 0.29) is 18.6 Å². The minimum atomic E-state index is -1.09. The van der Waals surface area contributed by atoms with Crippen molar-refractivity contribution in [3.8, 4) is 17.2 Å². The van der Waals surface area contributed by atoms with Gasteiger partial charge in [0.05, 0.1) is 35.8 Å². The van der Waals surface area contributed by atoms with Gasteiger partial charge in [-0.3, -0.25) is 4.79 Å². The van der Waals surface area contributed by atoms with E-state index in [1.54, 1.807) is 18.2 Å². The first-order valence-corrected chi connectivity index (χ1v) is 11.9. The van der Waals surface area contributed by atoms with Crippen LogP contribution in [0.15, 0.2) is 66.4 Å². The first-order valence-electron chi connectivity index (χ1n) is 11.9. The Bertz CT molecular complexity index is 1060. The van der Waals surface area contributed by atoms with Gasteiger partial charge >= 0.3 is 11.9 Å². The summed E-state index contributed by atoms with van der Waals surface area (Å²) in [5, 5.41) is 39.2.